The summed E-state index contributed by atoms with van der Waals surface area (Å²) in [7, 11) is 4.48. The lowest BCUT2D eigenvalue weighted by molar-refractivity contribution is 0.0520. The Morgan fingerprint density at radius 2 is 1.72 bits per heavy atom. The first-order valence-corrected chi connectivity index (χ1v) is 9.97. The van der Waals surface area contributed by atoms with Gasteiger partial charge in [0.2, 0.25) is 5.75 Å². The highest BCUT2D eigenvalue weighted by molar-refractivity contribution is 7.09. The van der Waals surface area contributed by atoms with Crippen molar-refractivity contribution < 1.29 is 28.5 Å². The highest BCUT2D eigenvalue weighted by Crippen LogP contribution is 2.38. The molecule has 158 valence electrons. The van der Waals surface area contributed by atoms with Crippen molar-refractivity contribution in [3.63, 3.8) is 0 Å². The fourth-order valence-electron chi connectivity index (χ4n) is 2.68. The molecule has 1 atom stereocenters. The third-order valence-corrected chi connectivity index (χ3v) is 5.08. The molecule has 8 nitrogen and oxygen atoms in total. The average molecular weight is 423 g/mol. The van der Waals surface area contributed by atoms with Crippen molar-refractivity contribution in [3.8, 4) is 17.2 Å². The van der Waals surface area contributed by atoms with Crippen LogP contribution in [-0.2, 0) is 4.74 Å². The monoisotopic (exact) mass is 422 g/mol. The number of ether oxygens (including phenoxy) is 4. The molecule has 0 aliphatic carbocycles. The Bertz CT molecular complexity index is 839. The summed E-state index contributed by atoms with van der Waals surface area (Å²) in [4.78, 5) is 29.2. The number of amides is 1. The van der Waals surface area contributed by atoms with Crippen molar-refractivity contribution in [3.05, 3.63) is 33.8 Å². The van der Waals surface area contributed by atoms with Crippen molar-refractivity contribution in [1.29, 1.82) is 0 Å². The number of aromatic nitrogens is 1. The van der Waals surface area contributed by atoms with Gasteiger partial charge in [-0.25, -0.2) is 9.78 Å². The lowest BCUT2D eigenvalue weighted by atomic mass is 10.0. The highest BCUT2D eigenvalue weighted by atomic mass is 32.1. The number of hydrogen-bond acceptors (Lipinski definition) is 8. The van der Waals surface area contributed by atoms with Gasteiger partial charge in [-0.05, 0) is 25.0 Å². The maximum Gasteiger partial charge on any atom is 0.357 e. The number of nitrogens with zero attached hydrogens (tertiary/aromatic N) is 1. The molecule has 0 unspecified atom stereocenters. The molecule has 9 heteroatoms. The molecule has 1 aromatic carbocycles. The topological polar surface area (TPSA) is 96.0 Å². The van der Waals surface area contributed by atoms with Crippen molar-refractivity contribution in [2.75, 3.05) is 27.9 Å². The number of carbonyl (C=O) groups is 2. The van der Waals surface area contributed by atoms with Crippen molar-refractivity contribution in [1.82, 2.24) is 10.3 Å². The Hall–Kier alpha value is -2.81. The molecule has 2 aromatic rings. The first-order chi connectivity index (χ1) is 13.9. The van der Waals surface area contributed by atoms with Gasteiger partial charge in [0.25, 0.3) is 5.91 Å². The standard InChI is InChI=1S/C20H26N2O6S/c1-7-28-20(24)13-10-29-19(21-13)16(11(2)3)22-18(23)12-8-14(25-4)17(27-6)15(9-12)26-5/h8-11,16H,7H2,1-6H3,(H,22,23)/t16-/m0/s1. The second-order valence-corrected chi connectivity index (χ2v) is 7.29. The fourth-order valence-corrected chi connectivity index (χ4v) is 3.69. The quantitative estimate of drug-likeness (QED) is 0.618. The summed E-state index contributed by atoms with van der Waals surface area (Å²) in [6, 6.07) is 2.79. The Balaban J connectivity index is 2.30. The zero-order valence-corrected chi connectivity index (χ0v) is 18.2. The van der Waals surface area contributed by atoms with Crippen LogP contribution in [-0.4, -0.2) is 44.8 Å². The number of esters is 1. The molecule has 1 heterocycles. The zero-order chi connectivity index (χ0) is 21.6. The van der Waals surface area contributed by atoms with E-state index in [1.165, 1.54) is 32.7 Å². The number of rotatable bonds is 9. The van der Waals surface area contributed by atoms with Crippen LogP contribution < -0.4 is 19.5 Å². The largest absolute Gasteiger partial charge is 0.493 e. The number of benzene rings is 1. The van der Waals surface area contributed by atoms with Gasteiger partial charge in [0.05, 0.1) is 34.0 Å². The third kappa shape index (κ3) is 5.17. The summed E-state index contributed by atoms with van der Waals surface area (Å²) < 4.78 is 20.9. The number of hydrogen-bond donors (Lipinski definition) is 1. The van der Waals surface area contributed by atoms with Crippen LogP contribution in [0.25, 0.3) is 0 Å². The molecule has 2 rings (SSSR count). The zero-order valence-electron chi connectivity index (χ0n) is 17.4. The van der Waals surface area contributed by atoms with Crippen molar-refractivity contribution in [2.24, 2.45) is 5.92 Å². The summed E-state index contributed by atoms with van der Waals surface area (Å²) >= 11 is 1.30. The first-order valence-electron chi connectivity index (χ1n) is 9.09. The molecule has 0 saturated heterocycles. The first kappa shape index (κ1) is 22.5. The van der Waals surface area contributed by atoms with E-state index < -0.39 is 5.97 Å². The normalized spacial score (nSPS) is 11.7. The smallest absolute Gasteiger partial charge is 0.357 e. The average Bonchev–Trinajstić information content (AvgIpc) is 3.20. The van der Waals surface area contributed by atoms with Gasteiger partial charge in [0, 0.05) is 10.9 Å². The van der Waals surface area contributed by atoms with Crippen molar-refractivity contribution >= 4 is 23.2 Å². The molecular formula is C20H26N2O6S. The second kappa shape index (κ2) is 10.1. The molecule has 0 aliphatic heterocycles. The third-order valence-electron chi connectivity index (χ3n) is 4.15. The van der Waals surface area contributed by atoms with Gasteiger partial charge in [-0.2, -0.15) is 0 Å². The fraction of sp³-hybridized carbons (Fsp3) is 0.450. The summed E-state index contributed by atoms with van der Waals surface area (Å²) in [5.74, 6) is 0.423. The molecule has 1 amide bonds. The van der Waals surface area contributed by atoms with Gasteiger partial charge in [-0.15, -0.1) is 11.3 Å². The highest BCUT2D eigenvalue weighted by Gasteiger charge is 2.25. The molecule has 0 aliphatic rings. The molecule has 0 fully saturated rings. The lowest BCUT2D eigenvalue weighted by Crippen LogP contribution is -2.31. The van der Waals surface area contributed by atoms with E-state index in [1.54, 1.807) is 24.4 Å². The van der Waals surface area contributed by atoms with Crippen LogP contribution in [0.2, 0.25) is 0 Å². The Morgan fingerprint density at radius 3 is 2.21 bits per heavy atom. The van der Waals surface area contributed by atoms with Gasteiger partial charge in [-0.3, -0.25) is 4.79 Å². The minimum atomic E-state index is -0.478. The maximum atomic E-state index is 12.9. The van der Waals surface area contributed by atoms with Gasteiger partial charge in [0.15, 0.2) is 17.2 Å². The number of methoxy groups -OCH3 is 3. The summed E-state index contributed by atoms with van der Waals surface area (Å²) in [6.07, 6.45) is 0. The molecule has 0 saturated carbocycles. The summed E-state index contributed by atoms with van der Waals surface area (Å²) in [6.45, 7) is 5.94. The van der Waals surface area contributed by atoms with Crippen LogP contribution in [0.3, 0.4) is 0 Å². The molecule has 0 radical (unpaired) electrons. The number of carbonyl (C=O) groups excluding carboxylic acids is 2. The maximum absolute atomic E-state index is 12.9. The van der Waals surface area contributed by atoms with E-state index in [-0.39, 0.29) is 30.2 Å². The minimum Gasteiger partial charge on any atom is -0.493 e. The summed E-state index contributed by atoms with van der Waals surface area (Å²) in [5.41, 5.74) is 0.590. The van der Waals surface area contributed by atoms with Crippen LogP contribution in [0.1, 0.15) is 52.7 Å². The molecule has 0 spiro atoms. The van der Waals surface area contributed by atoms with Crippen LogP contribution >= 0.6 is 11.3 Å². The molecule has 0 bridgehead atoms. The van der Waals surface area contributed by atoms with E-state index in [9.17, 15) is 9.59 Å². The van der Waals surface area contributed by atoms with Gasteiger partial charge in [0.1, 0.15) is 5.01 Å². The van der Waals surface area contributed by atoms with Crippen LogP contribution in [0, 0.1) is 5.92 Å². The summed E-state index contributed by atoms with van der Waals surface area (Å²) in [5, 5.41) is 5.24. The van der Waals surface area contributed by atoms with E-state index in [0.29, 0.717) is 27.8 Å². The van der Waals surface area contributed by atoms with Gasteiger partial charge < -0.3 is 24.3 Å². The lowest BCUT2D eigenvalue weighted by Gasteiger charge is -2.21. The number of thiazole rings is 1. The Labute approximate surface area is 174 Å². The number of nitrogens with one attached hydrogen (secondary N) is 1. The van der Waals surface area contributed by atoms with E-state index in [4.69, 9.17) is 18.9 Å². The SMILES string of the molecule is CCOC(=O)c1csc([C@@H](NC(=O)c2cc(OC)c(OC)c(OC)c2)C(C)C)n1. The minimum absolute atomic E-state index is 0.0437. The van der Waals surface area contributed by atoms with Crippen LogP contribution in [0.4, 0.5) is 0 Å². The Kier molecular flexibility index (Phi) is 7.83. The predicted octanol–water partition coefficient (Wildman–Crippen LogP) is 3.47. The van der Waals surface area contributed by atoms with Crippen LogP contribution in [0.5, 0.6) is 17.2 Å². The van der Waals surface area contributed by atoms with E-state index >= 15 is 0 Å². The van der Waals surface area contributed by atoms with E-state index in [0.717, 1.165) is 0 Å². The molecular weight excluding hydrogens is 396 g/mol. The van der Waals surface area contributed by atoms with Gasteiger partial charge >= 0.3 is 5.97 Å². The Morgan fingerprint density at radius 1 is 1.10 bits per heavy atom. The molecule has 1 aromatic heterocycles. The van der Waals surface area contributed by atoms with Gasteiger partial charge in [-0.1, -0.05) is 13.8 Å². The van der Waals surface area contributed by atoms with Crippen LogP contribution in [0.15, 0.2) is 17.5 Å². The van der Waals surface area contributed by atoms with Crippen molar-refractivity contribution in [2.45, 2.75) is 26.8 Å². The molecule has 1 N–H and O–H groups in total. The van der Waals surface area contributed by atoms with E-state index in [2.05, 4.69) is 10.3 Å². The second-order valence-electron chi connectivity index (χ2n) is 6.40. The predicted molar refractivity (Wildman–Crippen MR) is 109 cm³/mol. The van der Waals surface area contributed by atoms with E-state index in [1.807, 2.05) is 13.8 Å². The molecule has 29 heavy (non-hydrogen) atoms.